The standard InChI is InChI=1S/C17H14O/c18-17(9-10-17)16-14-7-3-1-5-12(14)11-13-6-2-4-8-15(13)16/h1-8,11,18H,9-10H2. The van der Waals surface area contributed by atoms with E-state index in [1.807, 2.05) is 12.1 Å². The van der Waals surface area contributed by atoms with Gasteiger partial charge in [-0.25, -0.2) is 0 Å². The van der Waals surface area contributed by atoms with Gasteiger partial charge in [-0.05, 0) is 46.0 Å². The first kappa shape index (κ1) is 10.1. The van der Waals surface area contributed by atoms with Gasteiger partial charge < -0.3 is 5.11 Å². The third-order valence-corrected chi connectivity index (χ3v) is 3.96. The summed E-state index contributed by atoms with van der Waals surface area (Å²) < 4.78 is 0. The summed E-state index contributed by atoms with van der Waals surface area (Å²) in [5.74, 6) is 0. The molecule has 3 aromatic rings. The second-order valence-electron chi connectivity index (χ2n) is 5.23. The minimum Gasteiger partial charge on any atom is -0.385 e. The minimum atomic E-state index is -0.597. The highest BCUT2D eigenvalue weighted by Gasteiger charge is 2.44. The lowest BCUT2D eigenvalue weighted by Crippen LogP contribution is -2.06. The van der Waals surface area contributed by atoms with E-state index in [2.05, 4.69) is 42.5 Å². The summed E-state index contributed by atoms with van der Waals surface area (Å²) >= 11 is 0. The van der Waals surface area contributed by atoms with Crippen LogP contribution in [-0.2, 0) is 5.60 Å². The van der Waals surface area contributed by atoms with E-state index < -0.39 is 5.60 Å². The number of benzene rings is 3. The van der Waals surface area contributed by atoms with Gasteiger partial charge in [-0.1, -0.05) is 48.5 Å². The van der Waals surface area contributed by atoms with Crippen molar-refractivity contribution in [2.24, 2.45) is 0 Å². The van der Waals surface area contributed by atoms with Crippen LogP contribution < -0.4 is 0 Å². The van der Waals surface area contributed by atoms with E-state index in [0.717, 1.165) is 18.4 Å². The fraction of sp³-hybridized carbons (Fsp3) is 0.176. The van der Waals surface area contributed by atoms with Gasteiger partial charge in [0.25, 0.3) is 0 Å². The SMILES string of the molecule is OC1(c2c3ccccc3cc3ccccc23)CC1. The van der Waals surface area contributed by atoms with Crippen LogP contribution >= 0.6 is 0 Å². The van der Waals surface area contributed by atoms with Gasteiger partial charge in [0, 0.05) is 0 Å². The number of fused-ring (bicyclic) bond motifs is 2. The zero-order valence-electron chi connectivity index (χ0n) is 10.1. The average Bonchev–Trinajstić information content (AvgIpc) is 3.14. The van der Waals surface area contributed by atoms with Crippen LogP contribution in [0.4, 0.5) is 0 Å². The molecule has 1 saturated carbocycles. The van der Waals surface area contributed by atoms with Crippen LogP contribution in [0.3, 0.4) is 0 Å². The Balaban J connectivity index is 2.25. The Morgan fingerprint density at radius 3 is 1.78 bits per heavy atom. The number of hydrogen-bond acceptors (Lipinski definition) is 1. The Kier molecular flexibility index (Phi) is 1.87. The van der Waals surface area contributed by atoms with Gasteiger partial charge in [0.05, 0.1) is 5.60 Å². The molecule has 1 N–H and O–H groups in total. The summed E-state index contributed by atoms with van der Waals surface area (Å²) in [6.07, 6.45) is 1.76. The number of aliphatic hydroxyl groups is 1. The summed E-state index contributed by atoms with van der Waals surface area (Å²) in [4.78, 5) is 0. The van der Waals surface area contributed by atoms with Gasteiger partial charge in [-0.3, -0.25) is 0 Å². The highest BCUT2D eigenvalue weighted by Crippen LogP contribution is 2.50. The molecule has 3 aromatic carbocycles. The van der Waals surface area contributed by atoms with Gasteiger partial charge >= 0.3 is 0 Å². The van der Waals surface area contributed by atoms with Gasteiger partial charge in [-0.15, -0.1) is 0 Å². The van der Waals surface area contributed by atoms with E-state index in [4.69, 9.17) is 0 Å². The lowest BCUT2D eigenvalue weighted by atomic mass is 9.92. The molecular weight excluding hydrogens is 220 g/mol. The topological polar surface area (TPSA) is 20.2 Å². The third-order valence-electron chi connectivity index (χ3n) is 3.96. The molecule has 0 heterocycles. The van der Waals surface area contributed by atoms with Crippen molar-refractivity contribution >= 4 is 21.5 Å². The summed E-state index contributed by atoms with van der Waals surface area (Å²) in [6, 6.07) is 18.9. The zero-order valence-corrected chi connectivity index (χ0v) is 10.1. The second-order valence-corrected chi connectivity index (χ2v) is 5.23. The zero-order chi connectivity index (χ0) is 12.2. The van der Waals surface area contributed by atoms with Crippen molar-refractivity contribution in [3.63, 3.8) is 0 Å². The predicted molar refractivity (Wildman–Crippen MR) is 74.6 cm³/mol. The van der Waals surface area contributed by atoms with Crippen LogP contribution in [0, 0.1) is 0 Å². The van der Waals surface area contributed by atoms with Crippen LogP contribution in [0.25, 0.3) is 21.5 Å². The molecule has 1 nitrogen and oxygen atoms in total. The van der Waals surface area contributed by atoms with E-state index in [-0.39, 0.29) is 0 Å². The van der Waals surface area contributed by atoms with E-state index in [1.54, 1.807) is 0 Å². The van der Waals surface area contributed by atoms with Crippen molar-refractivity contribution in [1.82, 2.24) is 0 Å². The first-order valence-corrected chi connectivity index (χ1v) is 6.41. The van der Waals surface area contributed by atoms with Crippen molar-refractivity contribution in [3.8, 4) is 0 Å². The van der Waals surface area contributed by atoms with Crippen LogP contribution in [0.2, 0.25) is 0 Å². The lowest BCUT2D eigenvalue weighted by Gasteiger charge is -2.16. The molecule has 0 aliphatic heterocycles. The molecule has 1 heteroatoms. The quantitative estimate of drug-likeness (QED) is 0.631. The first-order valence-electron chi connectivity index (χ1n) is 6.41. The Morgan fingerprint density at radius 2 is 1.28 bits per heavy atom. The average molecular weight is 234 g/mol. The van der Waals surface area contributed by atoms with Crippen molar-refractivity contribution in [3.05, 3.63) is 60.2 Å². The van der Waals surface area contributed by atoms with Gasteiger partial charge in [0.15, 0.2) is 0 Å². The van der Waals surface area contributed by atoms with Crippen molar-refractivity contribution < 1.29 is 5.11 Å². The fourth-order valence-electron chi connectivity index (χ4n) is 2.88. The van der Waals surface area contributed by atoms with Crippen molar-refractivity contribution in [1.29, 1.82) is 0 Å². The predicted octanol–water partition coefficient (Wildman–Crippen LogP) is 3.97. The molecule has 0 atom stereocenters. The smallest absolute Gasteiger partial charge is 0.0910 e. The summed E-state index contributed by atoms with van der Waals surface area (Å²) in [6.45, 7) is 0. The minimum absolute atomic E-state index is 0.597. The summed E-state index contributed by atoms with van der Waals surface area (Å²) in [7, 11) is 0. The van der Waals surface area contributed by atoms with Crippen LogP contribution in [0.5, 0.6) is 0 Å². The van der Waals surface area contributed by atoms with E-state index in [0.29, 0.717) is 0 Å². The van der Waals surface area contributed by atoms with E-state index >= 15 is 0 Å². The fourth-order valence-corrected chi connectivity index (χ4v) is 2.88. The highest BCUT2D eigenvalue weighted by molar-refractivity contribution is 6.03. The lowest BCUT2D eigenvalue weighted by molar-refractivity contribution is 0.154. The first-order chi connectivity index (χ1) is 8.78. The molecule has 0 bridgehead atoms. The molecule has 0 radical (unpaired) electrons. The number of rotatable bonds is 1. The Labute approximate surface area is 106 Å². The molecule has 0 amide bonds. The Hall–Kier alpha value is -1.86. The normalized spacial score (nSPS) is 17.2. The molecule has 18 heavy (non-hydrogen) atoms. The van der Waals surface area contributed by atoms with Crippen LogP contribution in [0.1, 0.15) is 18.4 Å². The molecular formula is C17H14O. The summed E-state index contributed by atoms with van der Waals surface area (Å²) in [5, 5.41) is 15.4. The number of hydrogen-bond donors (Lipinski definition) is 1. The van der Waals surface area contributed by atoms with Crippen molar-refractivity contribution in [2.45, 2.75) is 18.4 Å². The maximum atomic E-state index is 10.6. The van der Waals surface area contributed by atoms with Crippen LogP contribution in [0.15, 0.2) is 54.6 Å². The molecule has 1 aliphatic rings. The van der Waals surface area contributed by atoms with Gasteiger partial charge in [0.1, 0.15) is 0 Å². The molecule has 88 valence electrons. The molecule has 0 saturated heterocycles. The Morgan fingerprint density at radius 1 is 0.778 bits per heavy atom. The molecule has 4 rings (SSSR count). The molecule has 1 fully saturated rings. The van der Waals surface area contributed by atoms with Gasteiger partial charge in [-0.2, -0.15) is 0 Å². The maximum Gasteiger partial charge on any atom is 0.0910 e. The Bertz CT molecular complexity index is 700. The summed E-state index contributed by atoms with van der Waals surface area (Å²) in [5.41, 5.74) is 0.525. The molecule has 0 aromatic heterocycles. The molecule has 0 unspecified atom stereocenters. The van der Waals surface area contributed by atoms with E-state index in [1.165, 1.54) is 21.5 Å². The van der Waals surface area contributed by atoms with Gasteiger partial charge in [0.2, 0.25) is 0 Å². The molecule has 0 spiro atoms. The third kappa shape index (κ3) is 1.31. The highest BCUT2D eigenvalue weighted by atomic mass is 16.3. The largest absolute Gasteiger partial charge is 0.385 e. The second kappa shape index (κ2) is 3.33. The molecule has 1 aliphatic carbocycles. The van der Waals surface area contributed by atoms with Crippen LogP contribution in [-0.4, -0.2) is 5.11 Å². The van der Waals surface area contributed by atoms with Crippen molar-refractivity contribution in [2.75, 3.05) is 0 Å². The monoisotopic (exact) mass is 234 g/mol. The maximum absolute atomic E-state index is 10.6. The van der Waals surface area contributed by atoms with E-state index in [9.17, 15) is 5.11 Å².